The van der Waals surface area contributed by atoms with Crippen LogP contribution in [0, 0.1) is 5.92 Å². The van der Waals surface area contributed by atoms with Crippen LogP contribution in [0.1, 0.15) is 65.7 Å². The highest BCUT2D eigenvalue weighted by atomic mass is 28.4. The zero-order valence-electron chi connectivity index (χ0n) is 13.6. The molecule has 1 aliphatic rings. The van der Waals surface area contributed by atoms with Gasteiger partial charge < -0.3 is 4.43 Å². The van der Waals surface area contributed by atoms with E-state index >= 15 is 0 Å². The summed E-state index contributed by atoms with van der Waals surface area (Å²) in [5.41, 5.74) is 0. The molecule has 1 aliphatic carbocycles. The van der Waals surface area contributed by atoms with Crippen LogP contribution in [0.15, 0.2) is 0 Å². The van der Waals surface area contributed by atoms with Gasteiger partial charge in [-0.25, -0.2) is 0 Å². The number of carbonyl (C=O) groups excluding carboxylic acids is 1. The molecule has 112 valence electrons. The first-order chi connectivity index (χ1) is 8.74. The van der Waals surface area contributed by atoms with Gasteiger partial charge in [-0.1, -0.05) is 33.6 Å². The van der Waals surface area contributed by atoms with Crippen molar-refractivity contribution in [3.05, 3.63) is 0 Å². The minimum Gasteiger partial charge on any atom is -0.417 e. The molecule has 1 atom stereocenters. The molecule has 0 amide bonds. The fraction of sp³-hybridized carbons (Fsp3) is 0.938. The molecule has 0 aromatic heterocycles. The first kappa shape index (κ1) is 16.9. The Bertz CT molecular complexity index is 292. The Morgan fingerprint density at radius 1 is 1.21 bits per heavy atom. The molecule has 0 aromatic rings. The highest BCUT2D eigenvalue weighted by Crippen LogP contribution is 2.36. The third-order valence-corrected chi connectivity index (χ3v) is 9.44. The Hall–Kier alpha value is -0.153. The van der Waals surface area contributed by atoms with Crippen molar-refractivity contribution in [1.29, 1.82) is 0 Å². The van der Waals surface area contributed by atoms with E-state index < -0.39 is 8.32 Å². The second kappa shape index (κ2) is 7.03. The highest BCUT2D eigenvalue weighted by Gasteiger charge is 2.36. The van der Waals surface area contributed by atoms with Gasteiger partial charge in [0.25, 0.3) is 0 Å². The number of hydrogen-bond acceptors (Lipinski definition) is 2. The van der Waals surface area contributed by atoms with Gasteiger partial charge in [0.05, 0.1) is 0 Å². The molecule has 0 aliphatic heterocycles. The van der Waals surface area contributed by atoms with Crippen LogP contribution in [-0.4, -0.2) is 20.7 Å². The lowest BCUT2D eigenvalue weighted by Crippen LogP contribution is -2.40. The van der Waals surface area contributed by atoms with Crippen molar-refractivity contribution < 1.29 is 9.22 Å². The summed E-state index contributed by atoms with van der Waals surface area (Å²) >= 11 is 0. The quantitative estimate of drug-likeness (QED) is 0.510. The second-order valence-electron chi connectivity index (χ2n) is 7.51. The lowest BCUT2D eigenvalue weighted by Gasteiger charge is -2.36. The van der Waals surface area contributed by atoms with E-state index in [1.807, 2.05) is 0 Å². The summed E-state index contributed by atoms with van der Waals surface area (Å²) in [6, 6.07) is 0. The molecular formula is C16H32O2Si. The first-order valence-electron chi connectivity index (χ1n) is 7.91. The predicted molar refractivity (Wildman–Crippen MR) is 84.0 cm³/mol. The van der Waals surface area contributed by atoms with Crippen molar-refractivity contribution in [3.8, 4) is 0 Å². The smallest absolute Gasteiger partial charge is 0.191 e. The Morgan fingerprint density at radius 3 is 2.47 bits per heavy atom. The first-order valence-corrected chi connectivity index (χ1v) is 10.8. The van der Waals surface area contributed by atoms with Gasteiger partial charge in [-0.3, -0.25) is 4.79 Å². The van der Waals surface area contributed by atoms with Gasteiger partial charge in [-0.15, -0.1) is 0 Å². The maximum absolute atomic E-state index is 11.7. The fourth-order valence-electron chi connectivity index (χ4n) is 2.40. The molecule has 19 heavy (non-hydrogen) atoms. The van der Waals surface area contributed by atoms with Gasteiger partial charge in [-0.2, -0.15) is 0 Å². The van der Waals surface area contributed by atoms with Crippen molar-refractivity contribution >= 4 is 14.1 Å². The summed E-state index contributed by atoms with van der Waals surface area (Å²) in [6.45, 7) is 12.3. The third kappa shape index (κ3) is 5.39. The lowest BCUT2D eigenvalue weighted by molar-refractivity contribution is -0.124. The van der Waals surface area contributed by atoms with E-state index in [4.69, 9.17) is 4.43 Å². The number of unbranched alkanes of at least 4 members (excludes halogenated alkanes) is 1. The zero-order chi connectivity index (χ0) is 14.5. The topological polar surface area (TPSA) is 26.3 Å². The highest BCUT2D eigenvalue weighted by molar-refractivity contribution is 6.74. The van der Waals surface area contributed by atoms with Crippen LogP contribution >= 0.6 is 0 Å². The van der Waals surface area contributed by atoms with E-state index in [2.05, 4.69) is 33.9 Å². The molecule has 1 fully saturated rings. The van der Waals surface area contributed by atoms with E-state index in [0.29, 0.717) is 16.7 Å². The van der Waals surface area contributed by atoms with Gasteiger partial charge in [-0.05, 0) is 43.8 Å². The molecule has 0 heterocycles. The minimum absolute atomic E-state index is 0.298. The molecule has 0 N–H and O–H groups in total. The summed E-state index contributed by atoms with van der Waals surface area (Å²) < 4.78 is 6.16. The molecular weight excluding hydrogens is 252 g/mol. The number of Topliss-reactive ketones (excluding diaryl/α,β-unsaturated/α-hetero) is 1. The third-order valence-electron chi connectivity index (χ3n) is 4.90. The van der Waals surface area contributed by atoms with Crippen LogP contribution in [0.25, 0.3) is 0 Å². The Balaban J connectivity index is 2.16. The largest absolute Gasteiger partial charge is 0.417 e. The molecule has 3 heteroatoms. The number of carbonyl (C=O) groups is 1. The average Bonchev–Trinajstić information content (AvgIpc) is 2.29. The van der Waals surface area contributed by atoms with Gasteiger partial charge in [0.2, 0.25) is 0 Å². The summed E-state index contributed by atoms with van der Waals surface area (Å²) in [4.78, 5) is 11.7. The molecule has 1 rings (SSSR count). The van der Waals surface area contributed by atoms with Crippen LogP contribution in [0.4, 0.5) is 0 Å². The standard InChI is InChI=1S/C16H32O2Si/c1-16(2,3)19(4,5)18-13-9-8-11-14-10-6-7-12-15(14)17/h14H,6-13H2,1-5H3. The van der Waals surface area contributed by atoms with E-state index in [9.17, 15) is 4.79 Å². The Labute approximate surface area is 120 Å². The zero-order valence-corrected chi connectivity index (χ0v) is 14.6. The van der Waals surface area contributed by atoms with Crippen LogP contribution in [-0.2, 0) is 9.22 Å². The summed E-state index contributed by atoms with van der Waals surface area (Å²) in [6.07, 6.45) is 7.65. The van der Waals surface area contributed by atoms with E-state index in [1.54, 1.807) is 0 Å². The molecule has 1 unspecified atom stereocenters. The van der Waals surface area contributed by atoms with Gasteiger partial charge >= 0.3 is 0 Å². The van der Waals surface area contributed by atoms with Crippen molar-refractivity contribution in [2.45, 2.75) is 83.8 Å². The maximum Gasteiger partial charge on any atom is 0.191 e. The lowest BCUT2D eigenvalue weighted by atomic mass is 9.85. The molecule has 0 bridgehead atoms. The SMILES string of the molecule is CC(C)(C)[Si](C)(C)OCCCCC1CCCCC1=O. The van der Waals surface area contributed by atoms with Crippen molar-refractivity contribution in [2.24, 2.45) is 5.92 Å². The molecule has 0 saturated heterocycles. The fourth-order valence-corrected chi connectivity index (χ4v) is 3.48. The molecule has 0 spiro atoms. The van der Waals surface area contributed by atoms with Gasteiger partial charge in [0.1, 0.15) is 5.78 Å². The molecule has 1 saturated carbocycles. The van der Waals surface area contributed by atoms with Crippen molar-refractivity contribution in [1.82, 2.24) is 0 Å². The second-order valence-corrected chi connectivity index (χ2v) is 12.3. The summed E-state index contributed by atoms with van der Waals surface area (Å²) in [5.74, 6) is 0.873. The van der Waals surface area contributed by atoms with Crippen LogP contribution in [0.2, 0.25) is 18.1 Å². The normalized spacial score (nSPS) is 21.7. The molecule has 2 nitrogen and oxygen atoms in total. The van der Waals surface area contributed by atoms with Crippen LogP contribution < -0.4 is 0 Å². The Kier molecular flexibility index (Phi) is 6.25. The number of ketones is 1. The number of rotatable bonds is 6. The van der Waals surface area contributed by atoms with E-state index in [0.717, 1.165) is 45.1 Å². The van der Waals surface area contributed by atoms with Gasteiger partial charge in [0.15, 0.2) is 8.32 Å². The van der Waals surface area contributed by atoms with Crippen LogP contribution in [0.5, 0.6) is 0 Å². The monoisotopic (exact) mass is 284 g/mol. The van der Waals surface area contributed by atoms with E-state index in [1.165, 1.54) is 6.42 Å². The van der Waals surface area contributed by atoms with Crippen LogP contribution in [0.3, 0.4) is 0 Å². The van der Waals surface area contributed by atoms with Gasteiger partial charge in [0, 0.05) is 18.9 Å². The predicted octanol–water partition coefficient (Wildman–Crippen LogP) is 4.94. The summed E-state index contributed by atoms with van der Waals surface area (Å²) in [7, 11) is -1.57. The maximum atomic E-state index is 11.7. The molecule has 0 aromatic carbocycles. The Morgan fingerprint density at radius 2 is 1.89 bits per heavy atom. The summed E-state index contributed by atoms with van der Waals surface area (Å²) in [5, 5.41) is 0.298. The van der Waals surface area contributed by atoms with Crippen molar-refractivity contribution in [2.75, 3.05) is 6.61 Å². The number of hydrogen-bond donors (Lipinski definition) is 0. The van der Waals surface area contributed by atoms with Crippen molar-refractivity contribution in [3.63, 3.8) is 0 Å². The molecule has 0 radical (unpaired) electrons. The van der Waals surface area contributed by atoms with E-state index in [-0.39, 0.29) is 0 Å². The minimum atomic E-state index is -1.57. The average molecular weight is 285 g/mol.